The van der Waals surface area contributed by atoms with Crippen molar-refractivity contribution >= 4 is 17.5 Å². The van der Waals surface area contributed by atoms with Crippen molar-refractivity contribution < 1.29 is 50.9 Å². The maximum Gasteiger partial charge on any atom is 0.416 e. The number of ether oxygens (including phenoxy) is 3. The molecule has 2 aliphatic heterocycles. The van der Waals surface area contributed by atoms with Gasteiger partial charge in [0, 0.05) is 41.3 Å². The molecule has 10 nitrogen and oxygen atoms in total. The van der Waals surface area contributed by atoms with Crippen molar-refractivity contribution in [2.45, 2.75) is 44.6 Å². The number of nitrogens with one attached hydrogen (secondary N) is 1. The fraction of sp³-hybridized carbons (Fsp3) is 0.270. The molecular weight excluding hydrogens is 691 g/mol. The van der Waals surface area contributed by atoms with Gasteiger partial charge in [-0.2, -0.15) is 17.6 Å². The number of pyridine rings is 1. The molecule has 1 saturated heterocycles. The SMILES string of the molecule is COc1cccc(-c2cc(C(F)(F)F)ccc2NC(=O)C2=C(O)C3(C)CCCN3N(Cc3ccc(OCc4ccncc4)c(F)c3F)C2=O)c1OC. The second-order valence-electron chi connectivity index (χ2n) is 12.3. The van der Waals surface area contributed by atoms with E-state index in [0.717, 1.165) is 23.2 Å². The highest BCUT2D eigenvalue weighted by molar-refractivity contribution is 6.24. The number of methoxy groups -OCH3 is 2. The van der Waals surface area contributed by atoms with Crippen LogP contribution >= 0.6 is 0 Å². The molecule has 6 rings (SSSR count). The number of anilines is 1. The van der Waals surface area contributed by atoms with E-state index in [1.54, 1.807) is 19.1 Å². The number of rotatable bonds is 10. The van der Waals surface area contributed by atoms with Crippen LogP contribution in [0.15, 0.2) is 84.4 Å². The molecule has 1 aromatic heterocycles. The number of amides is 2. The van der Waals surface area contributed by atoms with E-state index in [-0.39, 0.29) is 52.8 Å². The van der Waals surface area contributed by atoms with Crippen LogP contribution in [0.1, 0.15) is 36.5 Å². The van der Waals surface area contributed by atoms with Crippen LogP contribution in [0.25, 0.3) is 11.1 Å². The number of carbonyl (C=O) groups is 2. The quantitative estimate of drug-likeness (QED) is 0.131. The minimum absolute atomic E-state index is 0.0528. The lowest BCUT2D eigenvalue weighted by molar-refractivity contribution is -0.160. The first kappa shape index (κ1) is 36.1. The average molecular weight is 725 g/mol. The smallest absolute Gasteiger partial charge is 0.416 e. The summed E-state index contributed by atoms with van der Waals surface area (Å²) in [7, 11) is 2.66. The molecule has 52 heavy (non-hydrogen) atoms. The second kappa shape index (κ2) is 14.1. The number of halogens is 5. The van der Waals surface area contributed by atoms with Gasteiger partial charge in [-0.15, -0.1) is 0 Å². The molecule has 2 N–H and O–H groups in total. The monoisotopic (exact) mass is 724 g/mol. The molecule has 0 radical (unpaired) electrons. The zero-order valence-corrected chi connectivity index (χ0v) is 28.2. The third-order valence-electron chi connectivity index (χ3n) is 9.20. The number of hydrogen-bond acceptors (Lipinski definition) is 8. The van der Waals surface area contributed by atoms with E-state index in [9.17, 15) is 27.9 Å². The van der Waals surface area contributed by atoms with Crippen LogP contribution < -0.4 is 19.5 Å². The Balaban J connectivity index is 1.34. The van der Waals surface area contributed by atoms with Gasteiger partial charge < -0.3 is 24.6 Å². The summed E-state index contributed by atoms with van der Waals surface area (Å²) in [5.41, 5.74) is -2.69. The third kappa shape index (κ3) is 6.59. The van der Waals surface area contributed by atoms with Crippen LogP contribution in [-0.4, -0.2) is 58.2 Å². The number of benzene rings is 3. The molecule has 1 fully saturated rings. The van der Waals surface area contributed by atoms with Crippen molar-refractivity contribution in [2.75, 3.05) is 26.1 Å². The molecule has 4 aromatic rings. The number of aliphatic hydroxyl groups is 1. The number of aromatic nitrogens is 1. The van der Waals surface area contributed by atoms with Crippen LogP contribution in [0.4, 0.5) is 27.6 Å². The summed E-state index contributed by atoms with van der Waals surface area (Å²) < 4.78 is 88.6. The number of carbonyl (C=O) groups excluding carboxylic acids is 2. The molecule has 0 spiro atoms. The van der Waals surface area contributed by atoms with Crippen LogP contribution in [0.5, 0.6) is 17.2 Å². The summed E-state index contributed by atoms with van der Waals surface area (Å²) in [6, 6.07) is 12.9. The Labute approximate surface area is 295 Å². The van der Waals surface area contributed by atoms with Gasteiger partial charge in [0.2, 0.25) is 5.82 Å². The molecule has 3 heterocycles. The standard InChI is InChI=1S/C37H33F5N4O6/c1-36-14-5-17-46(36)45(19-22-8-11-27(31(39)30(22)38)52-20-21-12-15-43-16-13-21)35(49)29(33(36)47)34(48)44-26-10-9-23(37(40,41)42)18-25(26)24-6-4-7-28(50-2)32(24)51-3/h4,6-13,15-16,18,47H,5,14,17,19-20H2,1-3H3,(H,44,48). The van der Waals surface area contributed by atoms with Gasteiger partial charge in [-0.25, -0.2) is 9.40 Å². The fourth-order valence-electron chi connectivity index (χ4n) is 6.49. The van der Waals surface area contributed by atoms with Crippen LogP contribution in [0.3, 0.4) is 0 Å². The summed E-state index contributed by atoms with van der Waals surface area (Å²) in [5, 5.41) is 16.5. The van der Waals surface area contributed by atoms with Gasteiger partial charge in [0.15, 0.2) is 23.1 Å². The van der Waals surface area contributed by atoms with E-state index in [4.69, 9.17) is 14.2 Å². The number of hydrazine groups is 1. The first-order valence-corrected chi connectivity index (χ1v) is 16.0. The highest BCUT2D eigenvalue weighted by Gasteiger charge is 2.53. The van der Waals surface area contributed by atoms with Gasteiger partial charge in [-0.1, -0.05) is 18.2 Å². The summed E-state index contributed by atoms with van der Waals surface area (Å²) >= 11 is 0. The number of para-hydroxylation sites is 1. The average Bonchev–Trinajstić information content (AvgIpc) is 3.53. The van der Waals surface area contributed by atoms with Gasteiger partial charge in [0.05, 0.1) is 31.9 Å². The van der Waals surface area contributed by atoms with E-state index in [1.165, 1.54) is 62.0 Å². The normalized spacial score (nSPS) is 17.6. The number of alkyl halides is 3. The Morgan fingerprint density at radius 1 is 0.981 bits per heavy atom. The van der Waals surface area contributed by atoms with Gasteiger partial charge in [-0.3, -0.25) is 19.6 Å². The van der Waals surface area contributed by atoms with Gasteiger partial charge in [0.1, 0.15) is 17.9 Å². The minimum Gasteiger partial charge on any atom is -0.509 e. The minimum atomic E-state index is -4.75. The second-order valence-corrected chi connectivity index (χ2v) is 12.3. The van der Waals surface area contributed by atoms with E-state index < -0.39 is 58.6 Å². The van der Waals surface area contributed by atoms with Crippen LogP contribution in [0, 0.1) is 11.6 Å². The van der Waals surface area contributed by atoms with E-state index in [1.807, 2.05) is 0 Å². The first-order chi connectivity index (χ1) is 24.8. The Morgan fingerprint density at radius 2 is 1.73 bits per heavy atom. The zero-order valence-electron chi connectivity index (χ0n) is 28.2. The Morgan fingerprint density at radius 3 is 2.42 bits per heavy atom. The molecule has 2 amide bonds. The number of fused-ring (bicyclic) bond motifs is 1. The Hall–Kier alpha value is -5.70. The molecular formula is C37H33F5N4O6. The van der Waals surface area contributed by atoms with Crippen LogP contribution in [-0.2, 0) is 28.9 Å². The van der Waals surface area contributed by atoms with Gasteiger partial charge >= 0.3 is 6.18 Å². The highest BCUT2D eigenvalue weighted by Crippen LogP contribution is 2.45. The predicted octanol–water partition coefficient (Wildman–Crippen LogP) is 7.20. The molecule has 15 heteroatoms. The summed E-state index contributed by atoms with van der Waals surface area (Å²) in [6.07, 6.45) is -0.909. The van der Waals surface area contributed by atoms with E-state index in [0.29, 0.717) is 18.4 Å². The van der Waals surface area contributed by atoms with Gasteiger partial charge in [-0.05, 0) is 67.8 Å². The lowest BCUT2D eigenvalue weighted by Gasteiger charge is -2.46. The summed E-state index contributed by atoms with van der Waals surface area (Å²) in [6.45, 7) is 1.28. The lowest BCUT2D eigenvalue weighted by atomic mass is 9.90. The molecule has 1 atom stereocenters. The Kier molecular flexibility index (Phi) is 9.82. The topological polar surface area (TPSA) is 113 Å². The van der Waals surface area contributed by atoms with Crippen molar-refractivity contribution in [3.63, 3.8) is 0 Å². The van der Waals surface area contributed by atoms with Gasteiger partial charge in [0.25, 0.3) is 11.8 Å². The molecule has 3 aromatic carbocycles. The third-order valence-corrected chi connectivity index (χ3v) is 9.20. The maximum absolute atomic E-state index is 15.5. The van der Waals surface area contributed by atoms with Crippen LogP contribution in [0.2, 0.25) is 0 Å². The molecule has 0 aliphatic carbocycles. The highest BCUT2D eigenvalue weighted by atomic mass is 19.4. The molecule has 272 valence electrons. The van der Waals surface area contributed by atoms with E-state index >= 15 is 8.78 Å². The van der Waals surface area contributed by atoms with Crippen molar-refractivity contribution in [1.82, 2.24) is 15.0 Å². The fourth-order valence-corrected chi connectivity index (χ4v) is 6.49. The zero-order chi connectivity index (χ0) is 37.4. The summed E-state index contributed by atoms with van der Waals surface area (Å²) in [4.78, 5) is 32.0. The number of nitrogens with zero attached hydrogens (tertiary/aromatic N) is 3. The molecule has 2 aliphatic rings. The predicted molar refractivity (Wildman–Crippen MR) is 178 cm³/mol. The molecule has 0 bridgehead atoms. The number of hydrogen-bond donors (Lipinski definition) is 2. The lowest BCUT2D eigenvalue weighted by Crippen LogP contribution is -2.60. The van der Waals surface area contributed by atoms with Crippen molar-refractivity contribution in [3.05, 3.63) is 113 Å². The molecule has 1 unspecified atom stereocenters. The maximum atomic E-state index is 15.5. The van der Waals surface area contributed by atoms with Crippen molar-refractivity contribution in [2.24, 2.45) is 0 Å². The largest absolute Gasteiger partial charge is 0.509 e. The molecule has 0 saturated carbocycles. The van der Waals surface area contributed by atoms with Crippen molar-refractivity contribution in [3.8, 4) is 28.4 Å². The number of aliphatic hydroxyl groups excluding tert-OH is 1. The van der Waals surface area contributed by atoms with Crippen molar-refractivity contribution in [1.29, 1.82) is 0 Å². The summed E-state index contributed by atoms with van der Waals surface area (Å²) in [5.74, 6) is -5.34. The first-order valence-electron chi connectivity index (χ1n) is 16.0. The Bertz CT molecular complexity index is 2060. The van der Waals surface area contributed by atoms with E-state index in [2.05, 4.69) is 10.3 Å².